The second-order valence-electron chi connectivity index (χ2n) is 4.93. The molecule has 1 aliphatic carbocycles. The molecular weight excluding hydrogens is 290 g/mol. The smallest absolute Gasteiger partial charge is 0.243 e. The van der Waals surface area contributed by atoms with Gasteiger partial charge in [0.25, 0.3) is 0 Å². The van der Waals surface area contributed by atoms with Crippen LogP contribution in [0, 0.1) is 17.6 Å². The molecule has 2 rings (SSSR count). The van der Waals surface area contributed by atoms with E-state index in [0.717, 1.165) is 18.6 Å². The molecule has 2 unspecified atom stereocenters. The summed E-state index contributed by atoms with van der Waals surface area (Å²) in [4.78, 5) is -0.817. The molecule has 2 atom stereocenters. The number of halogens is 2. The Balaban J connectivity index is 2.18. The van der Waals surface area contributed by atoms with Crippen molar-refractivity contribution in [1.29, 1.82) is 0 Å². The van der Waals surface area contributed by atoms with E-state index in [2.05, 4.69) is 4.72 Å². The predicted octanol–water partition coefficient (Wildman–Crippen LogP) is 0.986. The molecule has 8 heteroatoms. The van der Waals surface area contributed by atoms with Crippen LogP contribution in [0.1, 0.15) is 19.3 Å². The maximum Gasteiger partial charge on any atom is 0.243 e. The number of aliphatic hydroxyl groups is 1. The SMILES string of the molecule is Nc1cc(F)c(F)c(S(=O)(=O)NCC2CCCC2O)c1. The third kappa shape index (κ3) is 3.08. The maximum absolute atomic E-state index is 13.6. The highest BCUT2D eigenvalue weighted by Gasteiger charge is 2.28. The minimum atomic E-state index is -4.20. The van der Waals surface area contributed by atoms with E-state index in [1.165, 1.54) is 0 Å². The van der Waals surface area contributed by atoms with Gasteiger partial charge in [0, 0.05) is 12.2 Å². The average molecular weight is 306 g/mol. The summed E-state index contributed by atoms with van der Waals surface area (Å²) in [5.41, 5.74) is 5.15. The molecule has 0 bridgehead atoms. The van der Waals surface area contributed by atoms with Crippen LogP contribution in [0.5, 0.6) is 0 Å². The number of hydrogen-bond donors (Lipinski definition) is 3. The fourth-order valence-electron chi connectivity index (χ4n) is 2.33. The standard InChI is InChI=1S/C12H16F2N2O3S/c13-9-4-8(15)5-11(12(9)14)20(18,19)16-6-7-2-1-3-10(7)17/h4-5,7,10,16-17H,1-3,6,15H2. The Labute approximate surface area is 115 Å². The van der Waals surface area contributed by atoms with E-state index in [-0.39, 0.29) is 18.2 Å². The lowest BCUT2D eigenvalue weighted by molar-refractivity contribution is 0.134. The van der Waals surface area contributed by atoms with E-state index < -0.39 is 32.7 Å². The number of nitrogens with two attached hydrogens (primary N) is 1. The Hall–Kier alpha value is -1.25. The molecule has 0 heterocycles. The van der Waals surface area contributed by atoms with E-state index in [1.807, 2.05) is 0 Å². The summed E-state index contributed by atoms with van der Waals surface area (Å²) in [6.45, 7) is -0.0145. The van der Waals surface area contributed by atoms with Crippen LogP contribution in [0.3, 0.4) is 0 Å². The van der Waals surface area contributed by atoms with E-state index in [4.69, 9.17) is 5.73 Å². The fraction of sp³-hybridized carbons (Fsp3) is 0.500. The molecule has 5 nitrogen and oxygen atoms in total. The number of aliphatic hydroxyl groups excluding tert-OH is 1. The van der Waals surface area contributed by atoms with Gasteiger partial charge in [-0.05, 0) is 30.9 Å². The third-order valence-electron chi connectivity index (χ3n) is 3.46. The van der Waals surface area contributed by atoms with Crippen molar-refractivity contribution in [2.45, 2.75) is 30.3 Å². The lowest BCUT2D eigenvalue weighted by Crippen LogP contribution is -2.33. The molecule has 1 aromatic rings. The Morgan fingerprint density at radius 2 is 2.05 bits per heavy atom. The first-order chi connectivity index (χ1) is 9.31. The van der Waals surface area contributed by atoms with E-state index in [9.17, 15) is 22.3 Å². The minimum absolute atomic E-state index is 0.0145. The van der Waals surface area contributed by atoms with Crippen LogP contribution in [0.4, 0.5) is 14.5 Å². The van der Waals surface area contributed by atoms with Crippen LogP contribution in [-0.4, -0.2) is 26.2 Å². The van der Waals surface area contributed by atoms with Crippen molar-refractivity contribution in [2.24, 2.45) is 5.92 Å². The molecular formula is C12H16F2N2O3S. The number of rotatable bonds is 4. The van der Waals surface area contributed by atoms with E-state index >= 15 is 0 Å². The number of hydrogen-bond acceptors (Lipinski definition) is 4. The van der Waals surface area contributed by atoms with Crippen molar-refractivity contribution < 1.29 is 22.3 Å². The molecule has 0 aromatic heterocycles. The van der Waals surface area contributed by atoms with Gasteiger partial charge in [0.2, 0.25) is 10.0 Å². The Kier molecular flexibility index (Phi) is 4.26. The maximum atomic E-state index is 13.6. The molecule has 0 radical (unpaired) electrons. The van der Waals surface area contributed by atoms with Gasteiger partial charge in [-0.3, -0.25) is 0 Å². The first-order valence-electron chi connectivity index (χ1n) is 6.23. The van der Waals surface area contributed by atoms with Crippen molar-refractivity contribution in [3.63, 3.8) is 0 Å². The Morgan fingerprint density at radius 3 is 2.65 bits per heavy atom. The van der Waals surface area contributed by atoms with Gasteiger partial charge in [-0.15, -0.1) is 0 Å². The topological polar surface area (TPSA) is 92.4 Å². The summed E-state index contributed by atoms with van der Waals surface area (Å²) in [5, 5.41) is 9.61. The van der Waals surface area contributed by atoms with Gasteiger partial charge in [-0.2, -0.15) is 0 Å². The Bertz CT molecular complexity index is 607. The first-order valence-corrected chi connectivity index (χ1v) is 7.72. The average Bonchev–Trinajstić information content (AvgIpc) is 2.77. The highest BCUT2D eigenvalue weighted by molar-refractivity contribution is 7.89. The lowest BCUT2D eigenvalue weighted by Gasteiger charge is -2.15. The molecule has 20 heavy (non-hydrogen) atoms. The second-order valence-corrected chi connectivity index (χ2v) is 6.66. The largest absolute Gasteiger partial charge is 0.399 e. The van der Waals surface area contributed by atoms with Crippen LogP contribution in [0.25, 0.3) is 0 Å². The van der Waals surface area contributed by atoms with E-state index in [1.54, 1.807) is 0 Å². The molecule has 0 saturated heterocycles. The number of sulfonamides is 1. The van der Waals surface area contributed by atoms with Crippen LogP contribution >= 0.6 is 0 Å². The van der Waals surface area contributed by atoms with Crippen molar-refractivity contribution >= 4 is 15.7 Å². The van der Waals surface area contributed by atoms with Gasteiger partial charge in [0.1, 0.15) is 4.90 Å². The first kappa shape index (κ1) is 15.1. The number of benzene rings is 1. The van der Waals surface area contributed by atoms with Crippen LogP contribution < -0.4 is 10.5 Å². The van der Waals surface area contributed by atoms with Crippen LogP contribution in [0.2, 0.25) is 0 Å². The number of nitrogen functional groups attached to an aromatic ring is 1. The van der Waals surface area contributed by atoms with Gasteiger partial charge < -0.3 is 10.8 Å². The Morgan fingerprint density at radius 1 is 1.35 bits per heavy atom. The van der Waals surface area contributed by atoms with Gasteiger partial charge in [-0.1, -0.05) is 6.42 Å². The summed E-state index contributed by atoms with van der Waals surface area (Å²) in [7, 11) is -4.20. The molecule has 0 aliphatic heterocycles. The second kappa shape index (κ2) is 5.63. The molecule has 4 N–H and O–H groups in total. The number of nitrogens with one attached hydrogen (secondary N) is 1. The van der Waals surface area contributed by atoms with Crippen molar-refractivity contribution in [2.75, 3.05) is 12.3 Å². The summed E-state index contributed by atoms with van der Waals surface area (Å²) in [5.74, 6) is -2.98. The molecule has 1 aromatic carbocycles. The van der Waals surface area contributed by atoms with Gasteiger partial charge >= 0.3 is 0 Å². The van der Waals surface area contributed by atoms with E-state index in [0.29, 0.717) is 12.8 Å². The zero-order valence-electron chi connectivity index (χ0n) is 10.6. The molecule has 1 saturated carbocycles. The molecule has 0 spiro atoms. The minimum Gasteiger partial charge on any atom is -0.399 e. The third-order valence-corrected chi connectivity index (χ3v) is 4.88. The van der Waals surface area contributed by atoms with Crippen LogP contribution in [0.15, 0.2) is 17.0 Å². The summed E-state index contributed by atoms with van der Waals surface area (Å²) in [6, 6.07) is 1.58. The van der Waals surface area contributed by atoms with Crippen molar-refractivity contribution in [3.8, 4) is 0 Å². The molecule has 1 fully saturated rings. The molecule has 1 aliphatic rings. The summed E-state index contributed by atoms with van der Waals surface area (Å²) in [6.07, 6.45) is 1.56. The highest BCUT2D eigenvalue weighted by atomic mass is 32.2. The monoisotopic (exact) mass is 306 g/mol. The van der Waals surface area contributed by atoms with Gasteiger partial charge in [0.15, 0.2) is 11.6 Å². The van der Waals surface area contributed by atoms with Gasteiger partial charge in [-0.25, -0.2) is 21.9 Å². The predicted molar refractivity (Wildman–Crippen MR) is 69.3 cm³/mol. The molecule has 112 valence electrons. The summed E-state index contributed by atoms with van der Waals surface area (Å²) < 4.78 is 52.9. The normalized spacial score (nSPS) is 23.1. The summed E-state index contributed by atoms with van der Waals surface area (Å²) >= 11 is 0. The van der Waals surface area contributed by atoms with Gasteiger partial charge in [0.05, 0.1) is 6.10 Å². The zero-order chi connectivity index (χ0) is 14.9. The fourth-order valence-corrected chi connectivity index (χ4v) is 3.54. The van der Waals surface area contributed by atoms with Crippen LogP contribution in [-0.2, 0) is 10.0 Å². The number of anilines is 1. The quantitative estimate of drug-likeness (QED) is 0.723. The van der Waals surface area contributed by atoms with Crippen molar-refractivity contribution in [3.05, 3.63) is 23.8 Å². The highest BCUT2D eigenvalue weighted by Crippen LogP contribution is 2.26. The zero-order valence-corrected chi connectivity index (χ0v) is 11.5. The lowest BCUT2D eigenvalue weighted by atomic mass is 10.1. The molecule has 0 amide bonds. The van der Waals surface area contributed by atoms with Crippen molar-refractivity contribution in [1.82, 2.24) is 4.72 Å².